The van der Waals surface area contributed by atoms with E-state index in [2.05, 4.69) is 26.6 Å². The molecule has 4 aromatic rings. The zero-order chi connectivity index (χ0) is 23.8. The second-order valence-electron chi connectivity index (χ2n) is 7.64. The van der Waals surface area contributed by atoms with Crippen molar-refractivity contribution < 1.29 is 14.3 Å². The molecule has 0 aliphatic heterocycles. The van der Waals surface area contributed by atoms with Gasteiger partial charge in [0.1, 0.15) is 5.75 Å². The van der Waals surface area contributed by atoms with Gasteiger partial charge < -0.3 is 15.4 Å². The molecule has 0 saturated heterocycles. The summed E-state index contributed by atoms with van der Waals surface area (Å²) < 4.78 is 6.46. The third kappa shape index (κ3) is 6.56. The molecular weight excluding hydrogens is 492 g/mol. The maximum atomic E-state index is 12.4. The number of benzene rings is 4. The van der Waals surface area contributed by atoms with Crippen LogP contribution in [0.15, 0.2) is 108 Å². The number of amides is 2. The van der Waals surface area contributed by atoms with Crippen molar-refractivity contribution >= 4 is 39.1 Å². The van der Waals surface area contributed by atoms with Gasteiger partial charge in [-0.3, -0.25) is 9.59 Å². The second-order valence-corrected chi connectivity index (χ2v) is 8.49. The van der Waals surface area contributed by atoms with Crippen LogP contribution >= 0.6 is 15.9 Å². The molecule has 34 heavy (non-hydrogen) atoms. The highest BCUT2D eigenvalue weighted by Gasteiger charge is 2.09. The summed E-state index contributed by atoms with van der Waals surface area (Å²) in [5, 5.41) is 5.66. The van der Waals surface area contributed by atoms with Gasteiger partial charge in [0.15, 0.2) is 6.61 Å². The number of carbonyl (C=O) groups excluding carboxylic acids is 2. The third-order valence-corrected chi connectivity index (χ3v) is 5.66. The van der Waals surface area contributed by atoms with Crippen LogP contribution < -0.4 is 15.4 Å². The van der Waals surface area contributed by atoms with E-state index in [0.717, 1.165) is 21.2 Å². The van der Waals surface area contributed by atoms with Crippen molar-refractivity contribution in [2.24, 2.45) is 0 Å². The van der Waals surface area contributed by atoms with Crippen LogP contribution in [0, 0.1) is 0 Å². The van der Waals surface area contributed by atoms with Crippen LogP contribution in [0.4, 0.5) is 11.4 Å². The lowest BCUT2D eigenvalue weighted by Gasteiger charge is -2.11. The monoisotopic (exact) mass is 514 g/mol. The molecule has 4 rings (SSSR count). The van der Waals surface area contributed by atoms with E-state index in [4.69, 9.17) is 4.74 Å². The summed E-state index contributed by atoms with van der Waals surface area (Å²) in [5.74, 6) is 0.158. The Labute approximate surface area is 206 Å². The first-order chi connectivity index (χ1) is 16.6. The number of anilines is 2. The van der Waals surface area contributed by atoms with Gasteiger partial charge in [-0.15, -0.1) is 0 Å². The van der Waals surface area contributed by atoms with E-state index < -0.39 is 0 Å². The lowest BCUT2D eigenvalue weighted by Crippen LogP contribution is -2.20. The first-order valence-electron chi connectivity index (χ1n) is 10.8. The molecule has 0 spiro atoms. The van der Waals surface area contributed by atoms with Crippen LogP contribution in [0.25, 0.3) is 11.1 Å². The van der Waals surface area contributed by atoms with Gasteiger partial charge in [-0.05, 0) is 63.0 Å². The molecule has 0 radical (unpaired) electrons. The van der Waals surface area contributed by atoms with Crippen molar-refractivity contribution in [3.63, 3.8) is 0 Å². The zero-order valence-corrected chi connectivity index (χ0v) is 19.9. The van der Waals surface area contributed by atoms with Crippen molar-refractivity contribution in [2.75, 3.05) is 17.2 Å². The molecule has 0 fully saturated rings. The highest BCUT2D eigenvalue weighted by molar-refractivity contribution is 9.10. The lowest BCUT2D eigenvalue weighted by atomic mass is 10.1. The molecular formula is C28H23BrN2O3. The fourth-order valence-corrected chi connectivity index (χ4v) is 3.92. The Hall–Kier alpha value is -3.90. The molecule has 0 aromatic heterocycles. The number of hydrogen-bond donors (Lipinski definition) is 2. The Balaban J connectivity index is 1.31. The minimum atomic E-state index is -0.299. The highest BCUT2D eigenvalue weighted by atomic mass is 79.9. The smallest absolute Gasteiger partial charge is 0.262 e. The molecule has 5 nitrogen and oxygen atoms in total. The molecule has 0 bridgehead atoms. The van der Waals surface area contributed by atoms with Crippen molar-refractivity contribution in [3.8, 4) is 16.9 Å². The third-order valence-electron chi connectivity index (χ3n) is 5.04. The number of ether oxygens (including phenoxy) is 1. The maximum absolute atomic E-state index is 12.4. The second kappa shape index (κ2) is 11.3. The van der Waals surface area contributed by atoms with Crippen molar-refractivity contribution in [1.29, 1.82) is 0 Å². The maximum Gasteiger partial charge on any atom is 0.262 e. The van der Waals surface area contributed by atoms with Gasteiger partial charge in [0, 0.05) is 11.4 Å². The Bertz CT molecular complexity index is 1280. The molecule has 2 N–H and O–H groups in total. The average molecular weight is 515 g/mol. The highest BCUT2D eigenvalue weighted by Crippen LogP contribution is 2.30. The van der Waals surface area contributed by atoms with Crippen LogP contribution in [0.2, 0.25) is 0 Å². The Morgan fingerprint density at radius 2 is 1.32 bits per heavy atom. The van der Waals surface area contributed by atoms with Crippen LogP contribution in [0.3, 0.4) is 0 Å². The van der Waals surface area contributed by atoms with Crippen LogP contribution in [-0.4, -0.2) is 18.4 Å². The van der Waals surface area contributed by atoms with E-state index in [0.29, 0.717) is 17.1 Å². The fourth-order valence-electron chi connectivity index (χ4n) is 3.43. The summed E-state index contributed by atoms with van der Waals surface area (Å²) in [4.78, 5) is 24.7. The summed E-state index contributed by atoms with van der Waals surface area (Å²) in [5.41, 5.74) is 4.27. The van der Waals surface area contributed by atoms with Gasteiger partial charge in [0.2, 0.25) is 5.91 Å². The quantitative estimate of drug-likeness (QED) is 0.289. The molecule has 0 unspecified atom stereocenters. The fraction of sp³-hybridized carbons (Fsp3) is 0.0714. The van der Waals surface area contributed by atoms with Gasteiger partial charge in [-0.2, -0.15) is 0 Å². The molecule has 0 atom stereocenters. The van der Waals surface area contributed by atoms with Gasteiger partial charge >= 0.3 is 0 Å². The normalized spacial score (nSPS) is 10.4. The first kappa shape index (κ1) is 23.3. The van der Waals surface area contributed by atoms with Crippen molar-refractivity contribution in [1.82, 2.24) is 0 Å². The minimum absolute atomic E-state index is 0.123. The molecule has 170 valence electrons. The SMILES string of the molecule is O=C(COc1ccc(-c2ccccc2)cc1Br)Nc1cccc(NC(=O)Cc2ccccc2)c1. The largest absolute Gasteiger partial charge is 0.483 e. The summed E-state index contributed by atoms with van der Waals surface area (Å²) >= 11 is 3.52. The summed E-state index contributed by atoms with van der Waals surface area (Å²) in [6, 6.07) is 32.3. The molecule has 0 heterocycles. The van der Waals surface area contributed by atoms with Gasteiger partial charge in [-0.25, -0.2) is 0 Å². The van der Waals surface area contributed by atoms with Gasteiger partial charge in [-0.1, -0.05) is 72.8 Å². The van der Waals surface area contributed by atoms with E-state index in [-0.39, 0.29) is 24.8 Å². The van der Waals surface area contributed by atoms with E-state index in [1.54, 1.807) is 24.3 Å². The van der Waals surface area contributed by atoms with Crippen LogP contribution in [0.5, 0.6) is 5.75 Å². The average Bonchev–Trinajstić information content (AvgIpc) is 2.84. The first-order valence-corrected chi connectivity index (χ1v) is 11.6. The van der Waals surface area contributed by atoms with Crippen molar-refractivity contribution in [3.05, 3.63) is 113 Å². The Morgan fingerprint density at radius 3 is 2.00 bits per heavy atom. The predicted molar refractivity (Wildman–Crippen MR) is 139 cm³/mol. The Morgan fingerprint density at radius 1 is 0.676 bits per heavy atom. The van der Waals surface area contributed by atoms with Gasteiger partial charge in [0.05, 0.1) is 10.9 Å². The molecule has 0 aliphatic carbocycles. The van der Waals surface area contributed by atoms with Crippen molar-refractivity contribution in [2.45, 2.75) is 6.42 Å². The molecule has 0 aliphatic rings. The minimum Gasteiger partial charge on any atom is -0.483 e. The standard InChI is InChI=1S/C28H23BrN2O3/c29-25-17-22(21-10-5-2-6-11-21)14-15-26(25)34-19-28(33)31-24-13-7-12-23(18-24)30-27(32)16-20-8-3-1-4-9-20/h1-15,17-18H,16,19H2,(H,30,32)(H,31,33). The number of halogens is 1. The zero-order valence-electron chi connectivity index (χ0n) is 18.3. The molecule has 0 saturated carbocycles. The van der Waals surface area contributed by atoms with Crippen LogP contribution in [0.1, 0.15) is 5.56 Å². The van der Waals surface area contributed by atoms with E-state index in [9.17, 15) is 9.59 Å². The summed E-state index contributed by atoms with van der Waals surface area (Å²) in [7, 11) is 0. The summed E-state index contributed by atoms with van der Waals surface area (Å²) in [6.07, 6.45) is 0.281. The molecule has 2 amide bonds. The lowest BCUT2D eigenvalue weighted by molar-refractivity contribution is -0.118. The predicted octanol–water partition coefficient (Wildman–Crippen LogP) is 6.31. The number of carbonyl (C=O) groups is 2. The summed E-state index contributed by atoms with van der Waals surface area (Å²) in [6.45, 7) is -0.145. The number of nitrogens with one attached hydrogen (secondary N) is 2. The topological polar surface area (TPSA) is 67.4 Å². The Kier molecular flexibility index (Phi) is 7.73. The number of rotatable bonds is 8. The van der Waals surface area contributed by atoms with E-state index in [1.165, 1.54) is 0 Å². The van der Waals surface area contributed by atoms with E-state index in [1.807, 2.05) is 78.9 Å². The molecule has 6 heteroatoms. The van der Waals surface area contributed by atoms with Crippen LogP contribution in [-0.2, 0) is 16.0 Å². The molecule has 4 aromatic carbocycles. The van der Waals surface area contributed by atoms with E-state index >= 15 is 0 Å². The number of hydrogen-bond acceptors (Lipinski definition) is 3. The van der Waals surface area contributed by atoms with Gasteiger partial charge in [0.25, 0.3) is 5.91 Å².